The number of ether oxygens (including phenoxy) is 1. The van der Waals surface area contributed by atoms with E-state index in [-0.39, 0.29) is 23.1 Å². The van der Waals surface area contributed by atoms with E-state index in [4.69, 9.17) is 14.8 Å². The van der Waals surface area contributed by atoms with Gasteiger partial charge < -0.3 is 9.84 Å². The van der Waals surface area contributed by atoms with E-state index in [1.807, 2.05) is 23.6 Å². The summed E-state index contributed by atoms with van der Waals surface area (Å²) >= 11 is 1.15. The monoisotopic (exact) mass is 538 g/mol. The first-order chi connectivity index (χ1) is 18.3. The summed E-state index contributed by atoms with van der Waals surface area (Å²) < 4.78 is 50.5. The van der Waals surface area contributed by atoms with Crippen molar-refractivity contribution < 1.29 is 27.8 Å². The van der Waals surface area contributed by atoms with Gasteiger partial charge in [-0.2, -0.15) is 0 Å². The van der Waals surface area contributed by atoms with Crippen LogP contribution in [0, 0.1) is 24.4 Å². The summed E-state index contributed by atoms with van der Waals surface area (Å²) in [6, 6.07) is 13.8. The third kappa shape index (κ3) is 4.90. The van der Waals surface area contributed by atoms with E-state index in [1.54, 1.807) is 19.2 Å². The number of carbonyl (C=O) groups is 1. The van der Waals surface area contributed by atoms with Gasteiger partial charge in [0.25, 0.3) is 0 Å². The van der Waals surface area contributed by atoms with Gasteiger partial charge in [-0.3, -0.25) is 4.57 Å². The van der Waals surface area contributed by atoms with Crippen LogP contribution in [-0.4, -0.2) is 27.7 Å². The predicted molar refractivity (Wildman–Crippen MR) is 139 cm³/mol. The van der Waals surface area contributed by atoms with Gasteiger partial charge in [0.15, 0.2) is 5.16 Å². The number of aromatic carboxylic acids is 1. The van der Waals surface area contributed by atoms with Gasteiger partial charge in [0.05, 0.1) is 24.1 Å². The molecule has 1 aromatic heterocycles. The fourth-order valence-electron chi connectivity index (χ4n) is 4.99. The summed E-state index contributed by atoms with van der Waals surface area (Å²) in [7, 11) is 1.63. The third-order valence-corrected chi connectivity index (χ3v) is 7.80. The second-order valence-electron chi connectivity index (χ2n) is 9.22. The summed E-state index contributed by atoms with van der Waals surface area (Å²) in [5, 5.41) is 9.62. The molecule has 0 saturated heterocycles. The number of imidazole rings is 1. The van der Waals surface area contributed by atoms with Gasteiger partial charge in [0, 0.05) is 22.9 Å². The van der Waals surface area contributed by atoms with Crippen LogP contribution in [-0.2, 0) is 12.2 Å². The number of aryl methyl sites for hydroxylation is 2. The number of fused-ring (bicyclic) bond motifs is 1. The largest absolute Gasteiger partial charge is 0.496 e. The fraction of sp³-hybridized carbons (Fsp3) is 0.241. The molecule has 1 unspecified atom stereocenters. The van der Waals surface area contributed by atoms with Crippen molar-refractivity contribution in [2.45, 2.75) is 43.0 Å². The lowest BCUT2D eigenvalue weighted by molar-refractivity contribution is 0.0695. The predicted octanol–water partition coefficient (Wildman–Crippen LogP) is 7.07. The molecule has 0 saturated carbocycles. The maximum atomic E-state index is 14.7. The Labute approximate surface area is 222 Å². The molecule has 9 heteroatoms. The molecule has 1 N–H and O–H groups in total. The van der Waals surface area contributed by atoms with Crippen LogP contribution in [0.4, 0.5) is 13.2 Å². The quantitative estimate of drug-likeness (QED) is 0.255. The second kappa shape index (κ2) is 10.6. The van der Waals surface area contributed by atoms with E-state index >= 15 is 0 Å². The minimum absolute atomic E-state index is 0.0126. The highest BCUT2D eigenvalue weighted by molar-refractivity contribution is 7.98. The molecule has 0 spiro atoms. The maximum absolute atomic E-state index is 14.7. The number of hydrogen-bond acceptors (Lipinski definition) is 4. The van der Waals surface area contributed by atoms with Crippen LogP contribution in [0.15, 0.2) is 59.8 Å². The molecular formula is C29H25F3N2O3S. The van der Waals surface area contributed by atoms with Gasteiger partial charge in [-0.1, -0.05) is 23.9 Å². The number of rotatable bonds is 7. The molecule has 0 fully saturated rings. The van der Waals surface area contributed by atoms with Crippen molar-refractivity contribution in [3.8, 4) is 11.4 Å². The third-order valence-electron chi connectivity index (χ3n) is 6.83. The molecule has 38 heavy (non-hydrogen) atoms. The highest BCUT2D eigenvalue weighted by Crippen LogP contribution is 2.42. The van der Waals surface area contributed by atoms with E-state index in [1.165, 1.54) is 12.1 Å². The van der Waals surface area contributed by atoms with E-state index in [9.17, 15) is 18.0 Å². The first kappa shape index (κ1) is 25.9. The van der Waals surface area contributed by atoms with Gasteiger partial charge in [0.1, 0.15) is 23.2 Å². The molecule has 0 aliphatic heterocycles. The molecule has 1 heterocycles. The number of halogens is 3. The van der Waals surface area contributed by atoms with E-state index in [2.05, 4.69) is 6.07 Å². The normalized spacial score (nSPS) is 14.8. The maximum Gasteiger partial charge on any atom is 0.335 e. The van der Waals surface area contributed by atoms with Crippen molar-refractivity contribution in [2.75, 3.05) is 7.11 Å². The molecule has 0 bridgehead atoms. The lowest BCUT2D eigenvalue weighted by atomic mass is 9.83. The summed E-state index contributed by atoms with van der Waals surface area (Å²) in [5.41, 5.74) is 3.99. The molecule has 196 valence electrons. The van der Waals surface area contributed by atoms with E-state index < -0.39 is 23.2 Å². The Bertz CT molecular complexity index is 1500. The Kier molecular flexibility index (Phi) is 7.21. The SMILES string of the molecule is COc1ccc(C2CCCc3nc(SCc4c(F)cc(C(=O)O)cc4F)n(-c4ccc(F)cc4)c32)cc1C. The number of nitrogens with zero attached hydrogens (tertiary/aromatic N) is 2. The Morgan fingerprint density at radius 3 is 2.45 bits per heavy atom. The van der Waals surface area contributed by atoms with Crippen molar-refractivity contribution in [1.29, 1.82) is 0 Å². The van der Waals surface area contributed by atoms with Gasteiger partial charge in [0.2, 0.25) is 0 Å². The summed E-state index contributed by atoms with van der Waals surface area (Å²) in [6.07, 6.45) is 2.56. The molecule has 0 amide bonds. The molecule has 1 aliphatic rings. The first-order valence-electron chi connectivity index (χ1n) is 12.1. The number of carboxylic acids is 1. The minimum atomic E-state index is -1.40. The number of thioether (sulfide) groups is 1. The molecule has 1 aliphatic carbocycles. The Hall–Kier alpha value is -3.72. The summed E-state index contributed by atoms with van der Waals surface area (Å²) in [5.74, 6) is -2.91. The van der Waals surface area contributed by atoms with Gasteiger partial charge in [-0.15, -0.1) is 0 Å². The van der Waals surface area contributed by atoms with Crippen molar-refractivity contribution in [1.82, 2.24) is 9.55 Å². The highest BCUT2D eigenvalue weighted by atomic mass is 32.2. The van der Waals surface area contributed by atoms with Crippen LogP contribution in [0.3, 0.4) is 0 Å². The number of methoxy groups -OCH3 is 1. The second-order valence-corrected chi connectivity index (χ2v) is 10.2. The van der Waals surface area contributed by atoms with Crippen LogP contribution < -0.4 is 4.74 Å². The highest BCUT2D eigenvalue weighted by Gasteiger charge is 2.30. The van der Waals surface area contributed by atoms with Crippen molar-refractivity contribution in [3.63, 3.8) is 0 Å². The number of carboxylic acid groups (broad SMARTS) is 1. The zero-order chi connectivity index (χ0) is 27.0. The van der Waals surface area contributed by atoms with Gasteiger partial charge in [-0.25, -0.2) is 22.9 Å². The summed E-state index contributed by atoms with van der Waals surface area (Å²) in [6.45, 7) is 1.99. The van der Waals surface area contributed by atoms with Gasteiger partial charge >= 0.3 is 5.97 Å². The van der Waals surface area contributed by atoms with E-state index in [0.717, 1.165) is 71.4 Å². The topological polar surface area (TPSA) is 64.3 Å². The average molecular weight is 539 g/mol. The molecule has 5 rings (SSSR count). The molecular weight excluding hydrogens is 513 g/mol. The smallest absolute Gasteiger partial charge is 0.335 e. The van der Waals surface area contributed by atoms with Crippen LogP contribution in [0.25, 0.3) is 5.69 Å². The van der Waals surface area contributed by atoms with Crippen molar-refractivity contribution in [3.05, 3.63) is 106 Å². The Morgan fingerprint density at radius 2 is 1.82 bits per heavy atom. The van der Waals surface area contributed by atoms with Crippen LogP contribution in [0.2, 0.25) is 0 Å². The number of aromatic nitrogens is 2. The zero-order valence-corrected chi connectivity index (χ0v) is 21.6. The summed E-state index contributed by atoms with van der Waals surface area (Å²) in [4.78, 5) is 16.0. The lowest BCUT2D eigenvalue weighted by Gasteiger charge is -2.26. The molecule has 4 aromatic rings. The lowest BCUT2D eigenvalue weighted by Crippen LogP contribution is -2.15. The number of hydrogen-bond donors (Lipinski definition) is 1. The standard InChI is InChI=1S/C29H25F3N2O3S/c1-16-12-17(6-11-26(16)37-2)21-4-3-5-25-27(21)34(20-9-7-19(30)8-10-20)29(33-25)38-15-22-23(31)13-18(28(35)36)14-24(22)32/h6-14,21H,3-5,15H2,1-2H3,(H,35,36). The molecule has 1 atom stereocenters. The van der Waals surface area contributed by atoms with E-state index in [0.29, 0.717) is 10.8 Å². The van der Waals surface area contributed by atoms with Crippen molar-refractivity contribution >= 4 is 17.7 Å². The van der Waals surface area contributed by atoms with Crippen LogP contribution in [0.1, 0.15) is 57.2 Å². The number of benzene rings is 3. The Balaban J connectivity index is 1.58. The zero-order valence-electron chi connectivity index (χ0n) is 20.8. The van der Waals surface area contributed by atoms with Gasteiger partial charge in [-0.05, 0) is 79.8 Å². The molecule has 3 aromatic carbocycles. The van der Waals surface area contributed by atoms with Crippen LogP contribution >= 0.6 is 11.8 Å². The molecule has 5 nitrogen and oxygen atoms in total. The Morgan fingerprint density at radius 1 is 1.11 bits per heavy atom. The van der Waals surface area contributed by atoms with Crippen LogP contribution in [0.5, 0.6) is 5.75 Å². The first-order valence-corrected chi connectivity index (χ1v) is 13.1. The van der Waals surface area contributed by atoms with Crippen molar-refractivity contribution in [2.24, 2.45) is 0 Å². The minimum Gasteiger partial charge on any atom is -0.496 e. The fourth-order valence-corrected chi connectivity index (χ4v) is 6.04. The molecule has 0 radical (unpaired) electrons. The average Bonchev–Trinajstić information content (AvgIpc) is 3.27.